The van der Waals surface area contributed by atoms with Gasteiger partial charge in [0, 0.05) is 38.4 Å². The van der Waals surface area contributed by atoms with Crippen LogP contribution in [0.15, 0.2) is 202 Å². The predicted molar refractivity (Wildman–Crippen MR) is 219 cm³/mol. The SMILES string of the molecule is O=S1(c2ccccc2)=Nc2c(cccc2-n2c3ccccc3c3cc(-c4ccc5c(c4)c4ccccc4n5-c4ccccc4)ccc32)-c2ccccc21. The minimum atomic E-state index is -2.94. The third kappa shape index (κ3) is 4.38. The lowest BCUT2D eigenvalue weighted by molar-refractivity contribution is 0.676. The number of hydrogen-bond donors (Lipinski definition) is 0. The van der Waals surface area contributed by atoms with Crippen LogP contribution in [0.2, 0.25) is 0 Å². The van der Waals surface area contributed by atoms with Gasteiger partial charge in [-0.3, -0.25) is 0 Å². The first-order chi connectivity index (χ1) is 26.2. The summed E-state index contributed by atoms with van der Waals surface area (Å²) < 4.78 is 25.0. The topological polar surface area (TPSA) is 39.3 Å². The number of aromatic nitrogens is 2. The molecule has 0 spiro atoms. The summed E-state index contributed by atoms with van der Waals surface area (Å²) in [5, 5.41) is 4.77. The summed E-state index contributed by atoms with van der Waals surface area (Å²) >= 11 is 0. The number of para-hydroxylation sites is 3. The molecular formula is C48H31N3OS. The lowest BCUT2D eigenvalue weighted by Gasteiger charge is -2.24. The van der Waals surface area contributed by atoms with Crippen LogP contribution in [-0.4, -0.2) is 13.3 Å². The van der Waals surface area contributed by atoms with E-state index in [-0.39, 0.29) is 0 Å². The normalized spacial score (nSPS) is 15.1. The Bertz CT molecular complexity index is 3220. The van der Waals surface area contributed by atoms with Crippen molar-refractivity contribution in [3.05, 3.63) is 188 Å². The highest BCUT2D eigenvalue weighted by molar-refractivity contribution is 7.94. The zero-order chi connectivity index (χ0) is 35.1. The van der Waals surface area contributed by atoms with Gasteiger partial charge in [0.1, 0.15) is 15.4 Å². The summed E-state index contributed by atoms with van der Waals surface area (Å²) in [5.74, 6) is 0. The molecule has 8 aromatic carbocycles. The molecule has 0 N–H and O–H groups in total. The Morgan fingerprint density at radius 2 is 0.943 bits per heavy atom. The van der Waals surface area contributed by atoms with Crippen LogP contribution >= 0.6 is 0 Å². The van der Waals surface area contributed by atoms with Crippen molar-refractivity contribution in [3.8, 4) is 33.6 Å². The van der Waals surface area contributed by atoms with Crippen LogP contribution in [0.5, 0.6) is 0 Å². The van der Waals surface area contributed by atoms with E-state index in [1.54, 1.807) is 0 Å². The fourth-order valence-electron chi connectivity index (χ4n) is 8.34. The molecular weight excluding hydrogens is 667 g/mol. The Morgan fingerprint density at radius 3 is 1.64 bits per heavy atom. The van der Waals surface area contributed by atoms with Crippen molar-refractivity contribution >= 4 is 59.0 Å². The lowest BCUT2D eigenvalue weighted by Crippen LogP contribution is -2.08. The minimum Gasteiger partial charge on any atom is -0.309 e. The maximum absolute atomic E-state index is 15.1. The van der Waals surface area contributed by atoms with Gasteiger partial charge in [0.05, 0.1) is 37.5 Å². The van der Waals surface area contributed by atoms with E-state index in [9.17, 15) is 0 Å². The fourth-order valence-corrected chi connectivity index (χ4v) is 10.5. The first-order valence-electron chi connectivity index (χ1n) is 17.8. The summed E-state index contributed by atoms with van der Waals surface area (Å²) in [4.78, 5) is 1.47. The number of fused-ring (bicyclic) bond motifs is 9. The van der Waals surface area contributed by atoms with Gasteiger partial charge in [0.2, 0.25) is 0 Å². The molecule has 10 aromatic rings. The van der Waals surface area contributed by atoms with Crippen LogP contribution in [0.25, 0.3) is 77.2 Å². The number of hydrogen-bond acceptors (Lipinski definition) is 2. The lowest BCUT2D eigenvalue weighted by atomic mass is 10.0. The molecule has 1 atom stereocenters. The molecule has 0 saturated carbocycles. The molecule has 3 heterocycles. The molecule has 0 bridgehead atoms. The van der Waals surface area contributed by atoms with Crippen molar-refractivity contribution in [2.45, 2.75) is 9.79 Å². The average Bonchev–Trinajstić information content (AvgIpc) is 3.73. The molecule has 2 aromatic heterocycles. The van der Waals surface area contributed by atoms with E-state index in [1.165, 1.54) is 27.4 Å². The van der Waals surface area contributed by atoms with Gasteiger partial charge in [-0.05, 0) is 83.9 Å². The highest BCUT2D eigenvalue weighted by Crippen LogP contribution is 2.48. The van der Waals surface area contributed by atoms with Gasteiger partial charge in [-0.1, -0.05) is 115 Å². The second kappa shape index (κ2) is 11.4. The summed E-state index contributed by atoms with van der Waals surface area (Å²) in [6.07, 6.45) is 0. The Balaban J connectivity index is 1.13. The predicted octanol–water partition coefficient (Wildman–Crippen LogP) is 12.7. The second-order valence-electron chi connectivity index (χ2n) is 13.6. The first kappa shape index (κ1) is 30.0. The molecule has 0 amide bonds. The zero-order valence-corrected chi connectivity index (χ0v) is 29.4. The Kier molecular flexibility index (Phi) is 6.45. The van der Waals surface area contributed by atoms with Gasteiger partial charge < -0.3 is 9.13 Å². The van der Waals surface area contributed by atoms with Gasteiger partial charge in [-0.25, -0.2) is 4.21 Å². The van der Waals surface area contributed by atoms with Crippen molar-refractivity contribution in [3.63, 3.8) is 0 Å². The van der Waals surface area contributed by atoms with Crippen LogP contribution in [0.1, 0.15) is 0 Å². The molecule has 4 nitrogen and oxygen atoms in total. The quantitative estimate of drug-likeness (QED) is 0.180. The molecule has 250 valence electrons. The number of nitrogens with zero attached hydrogens (tertiary/aromatic N) is 3. The van der Waals surface area contributed by atoms with E-state index in [0.29, 0.717) is 4.90 Å². The Hall–Kier alpha value is -6.69. The second-order valence-corrected chi connectivity index (χ2v) is 15.7. The largest absolute Gasteiger partial charge is 0.309 e. The maximum Gasteiger partial charge on any atom is 0.109 e. The van der Waals surface area contributed by atoms with Crippen molar-refractivity contribution in [2.75, 3.05) is 0 Å². The molecule has 0 fully saturated rings. The molecule has 11 rings (SSSR count). The van der Waals surface area contributed by atoms with Crippen LogP contribution < -0.4 is 0 Å². The van der Waals surface area contributed by atoms with E-state index in [1.807, 2.05) is 48.5 Å². The van der Waals surface area contributed by atoms with E-state index >= 15 is 4.21 Å². The molecule has 1 aliphatic rings. The molecule has 0 saturated heterocycles. The molecule has 0 aliphatic carbocycles. The van der Waals surface area contributed by atoms with Crippen molar-refractivity contribution in [2.24, 2.45) is 4.36 Å². The number of benzene rings is 8. The van der Waals surface area contributed by atoms with E-state index < -0.39 is 9.73 Å². The summed E-state index contributed by atoms with van der Waals surface area (Å²) in [5.41, 5.74) is 11.6. The zero-order valence-electron chi connectivity index (χ0n) is 28.6. The van der Waals surface area contributed by atoms with Crippen molar-refractivity contribution in [1.82, 2.24) is 9.13 Å². The summed E-state index contributed by atoms with van der Waals surface area (Å²) in [7, 11) is -2.94. The first-order valence-corrected chi connectivity index (χ1v) is 19.4. The Labute approximate surface area is 307 Å². The van der Waals surface area contributed by atoms with Crippen LogP contribution in [0, 0.1) is 0 Å². The molecule has 1 aliphatic heterocycles. The fraction of sp³-hybridized carbons (Fsp3) is 0. The Morgan fingerprint density at radius 1 is 0.415 bits per heavy atom. The van der Waals surface area contributed by atoms with Gasteiger partial charge in [-0.15, -0.1) is 0 Å². The van der Waals surface area contributed by atoms with Gasteiger partial charge >= 0.3 is 0 Å². The van der Waals surface area contributed by atoms with Crippen molar-refractivity contribution in [1.29, 1.82) is 0 Å². The van der Waals surface area contributed by atoms with Crippen LogP contribution in [-0.2, 0) is 9.73 Å². The standard InChI is InChI=1S/C48H31N3OS/c52-53(35-16-5-2-6-17-35)47-25-12-9-20-38(47)39-21-13-24-46(48(39)49-53)51-43-23-11-8-19-37(43)41-31-33(27-29-45(41)51)32-26-28-44-40(30-32)36-18-7-10-22-42(36)50(44)34-14-3-1-4-15-34/h1-31H. The van der Waals surface area contributed by atoms with Gasteiger partial charge in [0.15, 0.2) is 0 Å². The van der Waals surface area contributed by atoms with Gasteiger partial charge in [-0.2, -0.15) is 4.36 Å². The summed E-state index contributed by atoms with van der Waals surface area (Å²) in [6.45, 7) is 0. The third-order valence-corrected chi connectivity index (χ3v) is 13.0. The minimum absolute atomic E-state index is 0.712. The smallest absolute Gasteiger partial charge is 0.109 e. The molecule has 0 radical (unpaired) electrons. The van der Waals surface area contributed by atoms with Crippen molar-refractivity contribution < 1.29 is 4.21 Å². The van der Waals surface area contributed by atoms with E-state index in [2.05, 4.69) is 149 Å². The van der Waals surface area contributed by atoms with E-state index in [4.69, 9.17) is 4.36 Å². The average molecular weight is 698 g/mol. The van der Waals surface area contributed by atoms with Crippen LogP contribution in [0.3, 0.4) is 0 Å². The maximum atomic E-state index is 15.1. The van der Waals surface area contributed by atoms with Crippen LogP contribution in [0.4, 0.5) is 5.69 Å². The monoisotopic (exact) mass is 697 g/mol. The molecule has 1 unspecified atom stereocenters. The highest BCUT2D eigenvalue weighted by Gasteiger charge is 2.29. The highest BCUT2D eigenvalue weighted by atomic mass is 32.2. The third-order valence-electron chi connectivity index (χ3n) is 10.7. The summed E-state index contributed by atoms with van der Waals surface area (Å²) in [6, 6.07) is 65.4. The number of rotatable bonds is 4. The molecule has 5 heteroatoms. The van der Waals surface area contributed by atoms with E-state index in [0.717, 1.165) is 60.5 Å². The van der Waals surface area contributed by atoms with Gasteiger partial charge in [0.25, 0.3) is 0 Å². The molecule has 53 heavy (non-hydrogen) atoms.